The summed E-state index contributed by atoms with van der Waals surface area (Å²) in [5.41, 5.74) is 0. The molecule has 5 nitrogen and oxygen atoms in total. The van der Waals surface area contributed by atoms with Crippen molar-refractivity contribution in [3.8, 4) is 0 Å². The highest BCUT2D eigenvalue weighted by Crippen LogP contribution is 1.74. The Hall–Kier alpha value is -0.460. The third-order valence-corrected chi connectivity index (χ3v) is 1.13. The van der Waals surface area contributed by atoms with Crippen molar-refractivity contribution in [2.24, 2.45) is 0 Å². The minimum atomic E-state index is -3.92. The van der Waals surface area contributed by atoms with Crippen molar-refractivity contribution in [2.45, 2.75) is 13.3 Å². The van der Waals surface area contributed by atoms with E-state index in [2.05, 4.69) is 18.5 Å². The van der Waals surface area contributed by atoms with Crippen LogP contribution in [-0.4, -0.2) is 57.3 Å². The van der Waals surface area contributed by atoms with Gasteiger partial charge in [-0.2, -0.15) is 0 Å². The van der Waals surface area contributed by atoms with Gasteiger partial charge in [-0.15, -0.1) is 0 Å². The summed E-state index contributed by atoms with van der Waals surface area (Å²) in [5.74, 6) is 0. The van der Waals surface area contributed by atoms with Gasteiger partial charge in [0.2, 0.25) is 0 Å². The molecule has 0 saturated heterocycles. The van der Waals surface area contributed by atoms with Crippen molar-refractivity contribution in [1.29, 1.82) is 0 Å². The van der Waals surface area contributed by atoms with Crippen LogP contribution in [0, 0.1) is 0 Å². The third-order valence-electron chi connectivity index (χ3n) is 1.13. The lowest BCUT2D eigenvalue weighted by Gasteiger charge is -1.91. The van der Waals surface area contributed by atoms with Gasteiger partial charge in [-0.3, -0.25) is 0 Å². The highest BCUT2D eigenvalue weighted by atomic mass is 32.2. The number of nitrogens with zero attached hydrogens (tertiary/aromatic N) is 1. The van der Waals surface area contributed by atoms with Crippen LogP contribution in [0.5, 0.6) is 0 Å². The number of methoxy groups -OCH3 is 1. The van der Waals surface area contributed by atoms with Crippen molar-refractivity contribution >= 4 is 16.3 Å². The molecule has 0 spiro atoms. The Labute approximate surface area is 86.1 Å². The smallest absolute Gasteiger partial charge is 0.165 e. The van der Waals surface area contributed by atoms with Gasteiger partial charge in [-0.1, -0.05) is 6.92 Å². The van der Waals surface area contributed by atoms with Gasteiger partial charge in [-0.05, 0) is 0 Å². The monoisotopic (exact) mass is 225 g/mol. The fourth-order valence-electron chi connectivity index (χ4n) is 0.646. The largest absolute Gasteiger partial charge is 0.748 e. The maximum Gasteiger partial charge on any atom is 0.165 e. The molecule has 0 aliphatic rings. The second-order valence-corrected chi connectivity index (χ2v) is 4.23. The minimum absolute atomic E-state index is 0.604. The second-order valence-electron chi connectivity index (χ2n) is 2.82. The fraction of sp³-hybridized carbons (Fsp3) is 0.875. The Morgan fingerprint density at radius 3 is 2.21 bits per heavy atom. The maximum absolute atomic E-state index is 9.08. The molecule has 0 aliphatic heterocycles. The van der Waals surface area contributed by atoms with Crippen LogP contribution in [0.2, 0.25) is 0 Å². The Kier molecular flexibility index (Phi) is 10.4. The Morgan fingerprint density at radius 1 is 1.50 bits per heavy atom. The van der Waals surface area contributed by atoms with Crippen molar-refractivity contribution in [2.75, 3.05) is 33.6 Å². The molecule has 0 radical (unpaired) electrons. The van der Waals surface area contributed by atoms with Crippen LogP contribution in [0.4, 0.5) is 0 Å². The number of rotatable bonds is 4. The maximum atomic E-state index is 9.08. The molecule has 0 rings (SSSR count). The molecule has 0 aromatic carbocycles. The topological polar surface area (TPSA) is 69.4 Å². The SMILES string of the molecule is CCC[N+](C)=CCOC.CS(=O)(=O)[O-]. The van der Waals surface area contributed by atoms with E-state index in [0.29, 0.717) is 6.26 Å². The van der Waals surface area contributed by atoms with E-state index in [1.165, 1.54) is 6.42 Å². The number of hydrogen-bond acceptors (Lipinski definition) is 4. The van der Waals surface area contributed by atoms with Crippen LogP contribution in [0.3, 0.4) is 0 Å². The number of hydrogen-bond donors (Lipinski definition) is 0. The summed E-state index contributed by atoms with van der Waals surface area (Å²) in [6, 6.07) is 0. The molecule has 0 amide bonds. The molecule has 0 N–H and O–H groups in total. The van der Waals surface area contributed by atoms with E-state index >= 15 is 0 Å². The van der Waals surface area contributed by atoms with E-state index in [4.69, 9.17) is 17.7 Å². The van der Waals surface area contributed by atoms with Gasteiger partial charge in [0.15, 0.2) is 6.21 Å². The molecule has 14 heavy (non-hydrogen) atoms. The Balaban J connectivity index is 0. The van der Waals surface area contributed by atoms with E-state index < -0.39 is 10.1 Å². The zero-order valence-electron chi connectivity index (χ0n) is 9.19. The van der Waals surface area contributed by atoms with Gasteiger partial charge in [0.25, 0.3) is 0 Å². The van der Waals surface area contributed by atoms with E-state index in [1.54, 1.807) is 7.11 Å². The first-order valence-electron chi connectivity index (χ1n) is 4.24. The predicted molar refractivity (Wildman–Crippen MR) is 54.9 cm³/mol. The summed E-state index contributed by atoms with van der Waals surface area (Å²) in [4.78, 5) is 0. The quantitative estimate of drug-likeness (QED) is 0.381. The summed E-state index contributed by atoms with van der Waals surface area (Å²) < 4.78 is 34.2. The van der Waals surface area contributed by atoms with Gasteiger partial charge in [-0.25, -0.2) is 13.0 Å². The van der Waals surface area contributed by atoms with Crippen LogP contribution >= 0.6 is 0 Å². The average Bonchev–Trinajstić information content (AvgIpc) is 1.98. The molecule has 0 heterocycles. The first kappa shape index (κ1) is 16.0. The average molecular weight is 225 g/mol. The van der Waals surface area contributed by atoms with Gasteiger partial charge < -0.3 is 9.29 Å². The van der Waals surface area contributed by atoms with E-state index in [9.17, 15) is 0 Å². The Morgan fingerprint density at radius 2 is 1.93 bits per heavy atom. The summed E-state index contributed by atoms with van der Waals surface area (Å²) in [6.45, 7) is 4.00. The molecule has 0 aromatic rings. The molecule has 0 atom stereocenters. The highest BCUT2D eigenvalue weighted by Gasteiger charge is 1.89. The molecule has 0 saturated carbocycles. The summed E-state index contributed by atoms with van der Waals surface area (Å²) in [6.07, 6.45) is 3.84. The van der Waals surface area contributed by atoms with Gasteiger partial charge in [0.1, 0.15) is 20.2 Å². The van der Waals surface area contributed by atoms with Gasteiger partial charge in [0, 0.05) is 19.8 Å². The normalized spacial score (nSPS) is 11.9. The molecule has 0 fully saturated rings. The van der Waals surface area contributed by atoms with E-state index in [0.717, 1.165) is 13.2 Å². The minimum Gasteiger partial charge on any atom is -0.748 e. The highest BCUT2D eigenvalue weighted by molar-refractivity contribution is 7.84. The third kappa shape index (κ3) is 30.0. The molecule has 0 bridgehead atoms. The first-order chi connectivity index (χ1) is 6.31. The lowest BCUT2D eigenvalue weighted by atomic mass is 10.5. The van der Waals surface area contributed by atoms with E-state index in [1.807, 2.05) is 6.21 Å². The van der Waals surface area contributed by atoms with Crippen molar-refractivity contribution < 1.29 is 22.3 Å². The molecule has 0 aromatic heterocycles. The van der Waals surface area contributed by atoms with Crippen LogP contribution in [0.15, 0.2) is 0 Å². The van der Waals surface area contributed by atoms with E-state index in [-0.39, 0.29) is 0 Å². The van der Waals surface area contributed by atoms with Crippen LogP contribution < -0.4 is 0 Å². The summed E-state index contributed by atoms with van der Waals surface area (Å²) in [5, 5.41) is 0. The van der Waals surface area contributed by atoms with Crippen molar-refractivity contribution in [3.05, 3.63) is 0 Å². The zero-order chi connectivity index (χ0) is 11.6. The second kappa shape index (κ2) is 9.11. The molecule has 0 aliphatic carbocycles. The summed E-state index contributed by atoms with van der Waals surface area (Å²) >= 11 is 0. The fourth-order valence-corrected chi connectivity index (χ4v) is 0.646. The summed E-state index contributed by atoms with van der Waals surface area (Å²) in [7, 11) is -0.154. The van der Waals surface area contributed by atoms with Gasteiger partial charge >= 0.3 is 0 Å². The van der Waals surface area contributed by atoms with Crippen molar-refractivity contribution in [1.82, 2.24) is 0 Å². The lowest BCUT2D eigenvalue weighted by Crippen LogP contribution is -2.10. The zero-order valence-corrected chi connectivity index (χ0v) is 10.0. The molecular weight excluding hydrogens is 206 g/mol. The van der Waals surface area contributed by atoms with Gasteiger partial charge in [0.05, 0.1) is 10.1 Å². The molecule has 6 heteroatoms. The molecule has 0 unspecified atom stereocenters. The number of ether oxygens (including phenoxy) is 1. The molecular formula is C8H19NO4S. The standard InChI is InChI=1S/C7H16NO.CH4O3S/c1-4-5-8(2)6-7-9-3;1-5(2,3)4/h6H,4-5,7H2,1-3H3;1H3,(H,2,3,4)/q+1;/p-1. The van der Waals surface area contributed by atoms with Crippen molar-refractivity contribution in [3.63, 3.8) is 0 Å². The van der Waals surface area contributed by atoms with Crippen LogP contribution in [-0.2, 0) is 14.9 Å². The Bertz CT molecular complexity index is 238. The lowest BCUT2D eigenvalue weighted by molar-refractivity contribution is -0.494. The predicted octanol–water partition coefficient (Wildman–Crippen LogP) is -0.0827. The first-order valence-corrected chi connectivity index (χ1v) is 6.06. The molecule has 86 valence electrons. The van der Waals surface area contributed by atoms with Crippen LogP contribution in [0.1, 0.15) is 13.3 Å². The van der Waals surface area contributed by atoms with Crippen LogP contribution in [0.25, 0.3) is 0 Å².